The standard InChI is InChI=1S/C24H53NO4P/c1-5-6-7-8-9-10-11-12-13-14-15-16-17-19-24(26)27-21-18-22-28-30-29-23-20-25(2,3)4/h24,26,30H,5-23H2,1-4H3/q+1. The average molecular weight is 451 g/mol. The number of unbranched alkanes of at least 4 members (excludes halogenated alkanes) is 12. The minimum absolute atomic E-state index is 0.0945. The Morgan fingerprint density at radius 2 is 1.17 bits per heavy atom. The summed E-state index contributed by atoms with van der Waals surface area (Å²) in [6.07, 6.45) is 18.4. The lowest BCUT2D eigenvalue weighted by Crippen LogP contribution is -2.37. The molecule has 30 heavy (non-hydrogen) atoms. The van der Waals surface area contributed by atoms with Crippen LogP contribution in [0.5, 0.6) is 0 Å². The molecule has 0 rings (SSSR count). The van der Waals surface area contributed by atoms with Crippen LogP contribution in [0.2, 0.25) is 0 Å². The molecule has 0 radical (unpaired) electrons. The maximum absolute atomic E-state index is 9.89. The number of rotatable bonds is 24. The Labute approximate surface area is 189 Å². The number of quaternary nitrogens is 1. The van der Waals surface area contributed by atoms with Crippen molar-refractivity contribution < 1.29 is 23.4 Å². The topological polar surface area (TPSA) is 47.9 Å². The fourth-order valence-corrected chi connectivity index (χ4v) is 3.70. The van der Waals surface area contributed by atoms with Crippen molar-refractivity contribution in [3.63, 3.8) is 0 Å². The molecule has 0 fully saturated rings. The molecule has 0 aromatic heterocycles. The van der Waals surface area contributed by atoms with Gasteiger partial charge in [0.05, 0.1) is 34.4 Å². The summed E-state index contributed by atoms with van der Waals surface area (Å²) < 4.78 is 17.3. The van der Waals surface area contributed by atoms with E-state index in [1.54, 1.807) is 0 Å². The first-order valence-corrected chi connectivity index (χ1v) is 13.4. The number of hydrogen-bond donors (Lipinski definition) is 1. The first-order chi connectivity index (χ1) is 14.5. The van der Waals surface area contributed by atoms with Crippen LogP contribution in [0.25, 0.3) is 0 Å². The van der Waals surface area contributed by atoms with Crippen molar-refractivity contribution >= 4 is 9.03 Å². The van der Waals surface area contributed by atoms with E-state index in [9.17, 15) is 5.11 Å². The molecule has 2 atom stereocenters. The maximum atomic E-state index is 9.89. The molecule has 182 valence electrons. The second-order valence-electron chi connectivity index (χ2n) is 9.50. The molecule has 0 aliphatic carbocycles. The summed E-state index contributed by atoms with van der Waals surface area (Å²) in [6, 6.07) is 0. The molecule has 0 saturated carbocycles. The molecular weight excluding hydrogens is 397 g/mol. The van der Waals surface area contributed by atoms with Gasteiger partial charge < -0.3 is 23.4 Å². The van der Waals surface area contributed by atoms with Crippen molar-refractivity contribution in [2.75, 3.05) is 47.5 Å². The molecule has 2 unspecified atom stereocenters. The summed E-state index contributed by atoms with van der Waals surface area (Å²) in [5.41, 5.74) is 0. The van der Waals surface area contributed by atoms with E-state index < -0.39 is 6.29 Å². The molecule has 0 spiro atoms. The molecule has 0 saturated heterocycles. The maximum Gasteiger partial charge on any atom is 0.155 e. The number of aliphatic hydroxyl groups is 1. The zero-order valence-electron chi connectivity index (χ0n) is 20.6. The third-order valence-corrected chi connectivity index (χ3v) is 5.88. The lowest BCUT2D eigenvalue weighted by atomic mass is 10.0. The molecular formula is C24H53NO4P+. The van der Waals surface area contributed by atoms with E-state index in [0.717, 1.165) is 36.9 Å². The minimum atomic E-state index is -0.624. The molecule has 6 heteroatoms. The van der Waals surface area contributed by atoms with Gasteiger partial charge >= 0.3 is 0 Å². The van der Waals surface area contributed by atoms with Crippen molar-refractivity contribution in [2.24, 2.45) is 0 Å². The van der Waals surface area contributed by atoms with Crippen LogP contribution in [0.3, 0.4) is 0 Å². The summed E-state index contributed by atoms with van der Waals surface area (Å²) in [5.74, 6) is 0. The van der Waals surface area contributed by atoms with Gasteiger partial charge in [0.15, 0.2) is 15.3 Å². The molecule has 5 nitrogen and oxygen atoms in total. The number of nitrogens with zero attached hydrogens (tertiary/aromatic N) is 1. The average Bonchev–Trinajstić information content (AvgIpc) is 2.69. The highest BCUT2D eigenvalue weighted by Crippen LogP contribution is 2.15. The molecule has 0 aromatic carbocycles. The predicted octanol–water partition coefficient (Wildman–Crippen LogP) is 6.44. The minimum Gasteiger partial charge on any atom is -0.368 e. The van der Waals surface area contributed by atoms with Crippen LogP contribution in [-0.2, 0) is 13.8 Å². The molecule has 0 bridgehead atoms. The van der Waals surface area contributed by atoms with Crippen molar-refractivity contribution in [2.45, 2.75) is 110 Å². The van der Waals surface area contributed by atoms with Gasteiger partial charge in [-0.3, -0.25) is 0 Å². The Hall–Kier alpha value is 0.230. The van der Waals surface area contributed by atoms with Crippen molar-refractivity contribution in [1.29, 1.82) is 0 Å². The van der Waals surface area contributed by atoms with Crippen LogP contribution < -0.4 is 0 Å². The highest BCUT2D eigenvalue weighted by Gasteiger charge is 2.06. The van der Waals surface area contributed by atoms with E-state index in [1.165, 1.54) is 77.0 Å². The SMILES string of the molecule is CCCCCCCCCCCCCCCC(O)OCCCOPOCC[N+](C)(C)C. The lowest BCUT2D eigenvalue weighted by molar-refractivity contribution is -0.870. The molecule has 0 amide bonds. The second-order valence-corrected chi connectivity index (χ2v) is 10.2. The molecule has 0 aliphatic heterocycles. The quantitative estimate of drug-likeness (QED) is 0.0795. The summed E-state index contributed by atoms with van der Waals surface area (Å²) >= 11 is 0. The van der Waals surface area contributed by atoms with Crippen molar-refractivity contribution in [3.8, 4) is 0 Å². The van der Waals surface area contributed by atoms with Gasteiger partial charge in [0.25, 0.3) is 0 Å². The van der Waals surface area contributed by atoms with Gasteiger partial charge in [0.1, 0.15) is 13.2 Å². The van der Waals surface area contributed by atoms with Crippen LogP contribution in [0.4, 0.5) is 0 Å². The van der Waals surface area contributed by atoms with Crippen molar-refractivity contribution in [1.82, 2.24) is 0 Å². The zero-order valence-corrected chi connectivity index (χ0v) is 21.6. The first kappa shape index (κ1) is 30.2. The van der Waals surface area contributed by atoms with Crippen molar-refractivity contribution in [3.05, 3.63) is 0 Å². The highest BCUT2D eigenvalue weighted by molar-refractivity contribution is 7.26. The molecule has 0 aromatic rings. The van der Waals surface area contributed by atoms with E-state index in [0.29, 0.717) is 13.2 Å². The fraction of sp³-hybridized carbons (Fsp3) is 1.00. The van der Waals surface area contributed by atoms with Crippen LogP contribution in [0.1, 0.15) is 103 Å². The third-order valence-electron chi connectivity index (χ3n) is 5.24. The Morgan fingerprint density at radius 3 is 1.70 bits per heavy atom. The molecule has 0 heterocycles. The van der Waals surface area contributed by atoms with Crippen LogP contribution in [-0.4, -0.2) is 63.4 Å². The Kier molecular flexibility index (Phi) is 22.6. The zero-order chi connectivity index (χ0) is 22.3. The largest absolute Gasteiger partial charge is 0.368 e. The number of likely N-dealkylation sites (N-methyl/N-ethyl adjacent to an activating group) is 1. The molecule has 1 N–H and O–H groups in total. The van der Waals surface area contributed by atoms with Gasteiger partial charge in [-0.05, 0) is 19.3 Å². The van der Waals surface area contributed by atoms with Crippen LogP contribution in [0.15, 0.2) is 0 Å². The van der Waals surface area contributed by atoms with Gasteiger partial charge in [-0.2, -0.15) is 0 Å². The Balaban J connectivity index is 3.18. The van der Waals surface area contributed by atoms with Gasteiger partial charge in [0.2, 0.25) is 0 Å². The highest BCUT2D eigenvalue weighted by atomic mass is 31.1. The van der Waals surface area contributed by atoms with Crippen LogP contribution >= 0.6 is 9.03 Å². The van der Waals surface area contributed by atoms with E-state index in [4.69, 9.17) is 13.8 Å². The molecule has 0 aliphatic rings. The Bertz CT molecular complexity index is 340. The lowest BCUT2D eigenvalue weighted by Gasteiger charge is -2.23. The van der Waals surface area contributed by atoms with Crippen LogP contribution in [0, 0.1) is 0 Å². The van der Waals surface area contributed by atoms with E-state index in [-0.39, 0.29) is 9.03 Å². The van der Waals surface area contributed by atoms with E-state index >= 15 is 0 Å². The monoisotopic (exact) mass is 450 g/mol. The van der Waals surface area contributed by atoms with Gasteiger partial charge in [-0.25, -0.2) is 0 Å². The number of hydrogen-bond acceptors (Lipinski definition) is 4. The van der Waals surface area contributed by atoms with E-state index in [1.807, 2.05) is 0 Å². The number of aliphatic hydroxyl groups excluding tert-OH is 1. The van der Waals surface area contributed by atoms with Gasteiger partial charge in [-0.1, -0.05) is 84.0 Å². The normalized spacial score (nSPS) is 13.5. The van der Waals surface area contributed by atoms with E-state index in [2.05, 4.69) is 28.1 Å². The fourth-order valence-electron chi connectivity index (χ4n) is 3.22. The summed E-state index contributed by atoms with van der Waals surface area (Å²) in [5, 5.41) is 9.89. The summed E-state index contributed by atoms with van der Waals surface area (Å²) in [4.78, 5) is 0. The second kappa shape index (κ2) is 22.4. The van der Waals surface area contributed by atoms with Gasteiger partial charge in [-0.15, -0.1) is 0 Å². The number of ether oxygens (including phenoxy) is 1. The van der Waals surface area contributed by atoms with Gasteiger partial charge in [0, 0.05) is 0 Å². The smallest absolute Gasteiger partial charge is 0.155 e. The first-order valence-electron chi connectivity index (χ1n) is 12.5. The summed E-state index contributed by atoms with van der Waals surface area (Å²) in [7, 11) is 6.53. The Morgan fingerprint density at radius 1 is 0.667 bits per heavy atom. The third kappa shape index (κ3) is 26.3. The summed E-state index contributed by atoms with van der Waals surface area (Å²) in [6.45, 7) is 5.13. The predicted molar refractivity (Wildman–Crippen MR) is 130 cm³/mol.